The zero-order chi connectivity index (χ0) is 23.9. The Bertz CT molecular complexity index is 1080. The van der Waals surface area contributed by atoms with E-state index in [1.54, 1.807) is 14.2 Å². The highest BCUT2D eigenvalue weighted by atomic mass is 16.5. The number of amides is 3. The second-order valence-electron chi connectivity index (χ2n) is 9.85. The number of carbonyl (C=O) groups is 2. The molecule has 1 atom stereocenters. The summed E-state index contributed by atoms with van der Waals surface area (Å²) < 4.78 is 11.1. The Balaban J connectivity index is 1.48. The van der Waals surface area contributed by atoms with Crippen LogP contribution >= 0.6 is 0 Å². The number of methoxy groups -OCH3 is 2. The quantitative estimate of drug-likeness (QED) is 0.676. The van der Waals surface area contributed by atoms with Gasteiger partial charge in [-0.3, -0.25) is 9.69 Å². The molecular formula is C27H33N3O4. The SMILES string of the molecule is COc1cc2c(cc1OC)[C@H](c1ccccc1)N(CN1C(=O)NC3(CCC(C)CC3)C1=O)CC2. The van der Waals surface area contributed by atoms with Crippen molar-refractivity contribution in [1.82, 2.24) is 15.1 Å². The molecule has 1 saturated heterocycles. The Labute approximate surface area is 201 Å². The standard InChI is InChI=1S/C27H33N3O4/c1-18-9-12-27(13-10-18)25(31)30(26(32)28-27)17-29-14-11-20-15-22(33-2)23(34-3)16-21(20)24(29)19-7-5-4-6-8-19/h4-8,15-16,18,24H,9-14,17H2,1-3H3,(H,28,32)/t18?,24-,27?/m0/s1. The van der Waals surface area contributed by atoms with Gasteiger partial charge in [0.2, 0.25) is 0 Å². The molecule has 3 aliphatic rings. The van der Waals surface area contributed by atoms with Crippen molar-refractivity contribution in [3.8, 4) is 11.5 Å². The van der Waals surface area contributed by atoms with E-state index in [0.717, 1.165) is 49.8 Å². The molecular weight excluding hydrogens is 430 g/mol. The lowest BCUT2D eigenvalue weighted by Gasteiger charge is -2.39. The van der Waals surface area contributed by atoms with Crippen molar-refractivity contribution < 1.29 is 19.1 Å². The summed E-state index contributed by atoms with van der Waals surface area (Å²) in [5, 5.41) is 3.06. The molecule has 2 aromatic carbocycles. The summed E-state index contributed by atoms with van der Waals surface area (Å²) in [5.74, 6) is 1.91. The molecule has 180 valence electrons. The number of imide groups is 1. The summed E-state index contributed by atoms with van der Waals surface area (Å²) in [6.07, 6.45) is 4.16. The molecule has 0 radical (unpaired) electrons. The smallest absolute Gasteiger partial charge is 0.326 e. The minimum atomic E-state index is -0.726. The first-order valence-electron chi connectivity index (χ1n) is 12.1. The number of carbonyl (C=O) groups excluding carboxylic acids is 2. The Hall–Kier alpha value is -3.06. The largest absolute Gasteiger partial charge is 0.493 e. The average molecular weight is 464 g/mol. The number of benzene rings is 2. The van der Waals surface area contributed by atoms with Crippen LogP contribution in [0.1, 0.15) is 55.3 Å². The number of nitrogens with zero attached hydrogens (tertiary/aromatic N) is 2. The Morgan fingerprint density at radius 1 is 1.03 bits per heavy atom. The maximum atomic E-state index is 13.5. The van der Waals surface area contributed by atoms with Crippen molar-refractivity contribution in [2.45, 2.75) is 50.6 Å². The van der Waals surface area contributed by atoms with E-state index in [1.165, 1.54) is 10.5 Å². The third kappa shape index (κ3) is 3.82. The molecule has 3 amide bonds. The zero-order valence-electron chi connectivity index (χ0n) is 20.2. The van der Waals surface area contributed by atoms with Gasteiger partial charge in [-0.25, -0.2) is 9.69 Å². The molecule has 0 unspecified atom stereocenters. The van der Waals surface area contributed by atoms with Crippen LogP contribution in [0.25, 0.3) is 0 Å². The lowest BCUT2D eigenvalue weighted by molar-refractivity contribution is -0.134. The molecule has 1 saturated carbocycles. The van der Waals surface area contributed by atoms with Crippen LogP contribution in [0.3, 0.4) is 0 Å². The van der Waals surface area contributed by atoms with Crippen LogP contribution in [0.15, 0.2) is 42.5 Å². The predicted octanol–water partition coefficient (Wildman–Crippen LogP) is 4.11. The van der Waals surface area contributed by atoms with Crippen molar-refractivity contribution in [3.05, 3.63) is 59.2 Å². The van der Waals surface area contributed by atoms with Crippen LogP contribution in [0, 0.1) is 5.92 Å². The van der Waals surface area contributed by atoms with Gasteiger partial charge >= 0.3 is 6.03 Å². The van der Waals surface area contributed by atoms with Crippen molar-refractivity contribution in [2.24, 2.45) is 5.92 Å². The number of rotatable bonds is 5. The molecule has 34 heavy (non-hydrogen) atoms. The van der Waals surface area contributed by atoms with Gasteiger partial charge in [-0.2, -0.15) is 0 Å². The number of nitrogens with one attached hydrogen (secondary N) is 1. The van der Waals surface area contributed by atoms with E-state index in [1.807, 2.05) is 30.3 Å². The first-order chi connectivity index (χ1) is 16.5. The normalized spacial score (nSPS) is 27.0. The van der Waals surface area contributed by atoms with Crippen molar-refractivity contribution >= 4 is 11.9 Å². The highest BCUT2D eigenvalue weighted by Gasteiger charge is 2.52. The maximum Gasteiger partial charge on any atom is 0.326 e. The molecule has 0 bridgehead atoms. The van der Waals surface area contributed by atoms with Gasteiger partial charge in [0.15, 0.2) is 11.5 Å². The summed E-state index contributed by atoms with van der Waals surface area (Å²) in [4.78, 5) is 30.2. The highest BCUT2D eigenvalue weighted by Crippen LogP contribution is 2.42. The average Bonchev–Trinajstić information content (AvgIpc) is 3.09. The number of hydrogen-bond acceptors (Lipinski definition) is 5. The molecule has 7 nitrogen and oxygen atoms in total. The van der Waals surface area contributed by atoms with E-state index in [0.29, 0.717) is 17.4 Å². The summed E-state index contributed by atoms with van der Waals surface area (Å²) in [6, 6.07) is 13.9. The molecule has 2 aromatic rings. The van der Waals surface area contributed by atoms with Crippen LogP contribution in [0.5, 0.6) is 11.5 Å². The second kappa shape index (κ2) is 8.95. The minimum Gasteiger partial charge on any atom is -0.493 e. The van der Waals surface area contributed by atoms with Crippen LogP contribution in [-0.4, -0.2) is 54.7 Å². The van der Waals surface area contributed by atoms with Gasteiger partial charge in [0.1, 0.15) is 5.54 Å². The molecule has 7 heteroatoms. The number of hydrogen-bond donors (Lipinski definition) is 1. The summed E-state index contributed by atoms with van der Waals surface area (Å²) in [6.45, 7) is 3.20. The van der Waals surface area contributed by atoms with Gasteiger partial charge in [0.25, 0.3) is 5.91 Å². The third-order valence-electron chi connectivity index (χ3n) is 7.79. The Morgan fingerprint density at radius 2 is 1.71 bits per heavy atom. The number of urea groups is 1. The van der Waals surface area contributed by atoms with Crippen LogP contribution in [0.4, 0.5) is 4.79 Å². The van der Waals surface area contributed by atoms with Crippen molar-refractivity contribution in [1.29, 1.82) is 0 Å². The summed E-state index contributed by atoms with van der Waals surface area (Å²) in [5.41, 5.74) is 2.70. The topological polar surface area (TPSA) is 71.1 Å². The van der Waals surface area contributed by atoms with Crippen LogP contribution < -0.4 is 14.8 Å². The second-order valence-corrected chi connectivity index (χ2v) is 9.85. The van der Waals surface area contributed by atoms with E-state index in [9.17, 15) is 9.59 Å². The van der Waals surface area contributed by atoms with Gasteiger partial charge in [0, 0.05) is 6.54 Å². The first kappa shape index (κ1) is 22.7. The van der Waals surface area contributed by atoms with E-state index in [4.69, 9.17) is 9.47 Å². The maximum absolute atomic E-state index is 13.5. The lowest BCUT2D eigenvalue weighted by Crippen LogP contribution is -2.50. The molecule has 0 aromatic heterocycles. The van der Waals surface area contributed by atoms with E-state index >= 15 is 0 Å². The monoisotopic (exact) mass is 463 g/mol. The third-order valence-corrected chi connectivity index (χ3v) is 7.79. The van der Waals surface area contributed by atoms with Gasteiger partial charge in [-0.1, -0.05) is 37.3 Å². The summed E-state index contributed by atoms with van der Waals surface area (Å²) >= 11 is 0. The molecule has 2 aliphatic heterocycles. The summed E-state index contributed by atoms with van der Waals surface area (Å²) in [7, 11) is 3.29. The molecule has 2 fully saturated rings. The van der Waals surface area contributed by atoms with E-state index < -0.39 is 5.54 Å². The van der Waals surface area contributed by atoms with Crippen LogP contribution in [-0.2, 0) is 11.2 Å². The van der Waals surface area contributed by atoms with Gasteiger partial charge in [-0.05, 0) is 66.8 Å². The first-order valence-corrected chi connectivity index (χ1v) is 12.1. The number of ether oxygens (including phenoxy) is 2. The fourth-order valence-electron chi connectivity index (χ4n) is 5.76. The van der Waals surface area contributed by atoms with Crippen LogP contribution in [0.2, 0.25) is 0 Å². The molecule has 5 rings (SSSR count). The highest BCUT2D eigenvalue weighted by molar-refractivity contribution is 6.07. The van der Waals surface area contributed by atoms with Crippen molar-refractivity contribution in [2.75, 3.05) is 27.4 Å². The van der Waals surface area contributed by atoms with Crippen molar-refractivity contribution in [3.63, 3.8) is 0 Å². The molecule has 2 heterocycles. The van der Waals surface area contributed by atoms with E-state index in [-0.39, 0.29) is 24.6 Å². The molecule has 1 N–H and O–H groups in total. The fraction of sp³-hybridized carbons (Fsp3) is 0.481. The van der Waals surface area contributed by atoms with E-state index in [2.05, 4.69) is 29.3 Å². The fourth-order valence-corrected chi connectivity index (χ4v) is 5.76. The van der Waals surface area contributed by atoms with Gasteiger partial charge in [-0.15, -0.1) is 0 Å². The Kier molecular flexibility index (Phi) is 5.98. The minimum absolute atomic E-state index is 0.0747. The number of fused-ring (bicyclic) bond motifs is 1. The zero-order valence-corrected chi connectivity index (χ0v) is 20.2. The molecule has 1 spiro atoms. The lowest BCUT2D eigenvalue weighted by atomic mass is 9.77. The van der Waals surface area contributed by atoms with Gasteiger partial charge in [0.05, 0.1) is 26.9 Å². The van der Waals surface area contributed by atoms with Gasteiger partial charge < -0.3 is 14.8 Å². The molecule has 1 aliphatic carbocycles. The Morgan fingerprint density at radius 3 is 2.38 bits per heavy atom. The predicted molar refractivity (Wildman–Crippen MR) is 129 cm³/mol.